The van der Waals surface area contributed by atoms with Gasteiger partial charge in [-0.3, -0.25) is 4.79 Å². The largest absolute Gasteiger partial charge is 0.370 e. The Kier molecular flexibility index (Phi) is 24.3. The second-order valence-corrected chi connectivity index (χ2v) is 0.611. The molecule has 6 heavy (non-hydrogen) atoms. The van der Waals surface area contributed by atoms with Gasteiger partial charge in [0.15, 0.2) is 0 Å². The molecular formula is C2H6AuClNO. The zero-order valence-electron chi connectivity index (χ0n) is 3.20. The standard InChI is InChI=1S/C2H5NO.Au.ClH/c1-2(3)4;;/h1H3,(H2,3,4);;1H. The fourth-order valence-electron chi connectivity index (χ4n) is 0. The third-order valence-electron chi connectivity index (χ3n) is 0. The van der Waals surface area contributed by atoms with Crippen molar-refractivity contribution in [3.8, 4) is 0 Å². The predicted molar refractivity (Wildman–Crippen MR) is 22.1 cm³/mol. The third kappa shape index (κ3) is 220. The van der Waals surface area contributed by atoms with Gasteiger partial charge in [-0.1, -0.05) is 0 Å². The van der Waals surface area contributed by atoms with Crippen LogP contribution in [0.25, 0.3) is 0 Å². The fraction of sp³-hybridized carbons (Fsp3) is 0.500. The maximum Gasteiger partial charge on any atom is 0.214 e. The van der Waals surface area contributed by atoms with Crippen LogP contribution in [0, 0.1) is 0 Å². The van der Waals surface area contributed by atoms with E-state index in [1.807, 2.05) is 0 Å². The molecule has 0 fully saturated rings. The average Bonchev–Trinajstić information content (AvgIpc) is 0.811. The van der Waals surface area contributed by atoms with Gasteiger partial charge in [-0.25, -0.2) is 0 Å². The first kappa shape index (κ1) is 16.1. The van der Waals surface area contributed by atoms with Crippen molar-refractivity contribution in [3.05, 3.63) is 0 Å². The van der Waals surface area contributed by atoms with Crippen LogP contribution in [0.5, 0.6) is 0 Å². The van der Waals surface area contributed by atoms with Gasteiger partial charge in [-0.15, -0.1) is 12.4 Å². The number of carbonyl (C=O) groups is 1. The van der Waals surface area contributed by atoms with Crippen LogP contribution in [0.15, 0.2) is 0 Å². The molecule has 0 aliphatic rings. The Morgan fingerprint density at radius 1 is 1.67 bits per heavy atom. The van der Waals surface area contributed by atoms with Crippen molar-refractivity contribution in [1.82, 2.24) is 0 Å². The molecule has 4 heteroatoms. The monoisotopic (exact) mass is 292 g/mol. The summed E-state index contributed by atoms with van der Waals surface area (Å²) in [5, 5.41) is 0. The Hall–Kier alpha value is 0.500. The summed E-state index contributed by atoms with van der Waals surface area (Å²) in [6.07, 6.45) is 0. The van der Waals surface area contributed by atoms with Crippen molar-refractivity contribution in [3.63, 3.8) is 0 Å². The minimum absolute atomic E-state index is 0. The summed E-state index contributed by atoms with van der Waals surface area (Å²) >= 11 is 0. The fourth-order valence-corrected chi connectivity index (χ4v) is 0. The molecule has 0 aromatic rings. The summed E-state index contributed by atoms with van der Waals surface area (Å²) in [6, 6.07) is 0. The van der Waals surface area contributed by atoms with E-state index in [0.717, 1.165) is 0 Å². The summed E-state index contributed by atoms with van der Waals surface area (Å²) in [7, 11) is 0. The van der Waals surface area contributed by atoms with Crippen molar-refractivity contribution in [2.45, 2.75) is 6.92 Å². The molecule has 0 rings (SSSR count). The summed E-state index contributed by atoms with van der Waals surface area (Å²) in [4.78, 5) is 9.22. The number of amides is 1. The Morgan fingerprint density at radius 3 is 1.67 bits per heavy atom. The molecule has 0 spiro atoms. The van der Waals surface area contributed by atoms with Gasteiger partial charge in [0.1, 0.15) is 0 Å². The minimum atomic E-state index is -0.333. The van der Waals surface area contributed by atoms with Crippen LogP contribution in [0.1, 0.15) is 6.92 Å². The van der Waals surface area contributed by atoms with Crippen LogP contribution in [0.3, 0.4) is 0 Å². The van der Waals surface area contributed by atoms with Gasteiger partial charge in [-0.05, 0) is 0 Å². The zero-order chi connectivity index (χ0) is 3.58. The van der Waals surface area contributed by atoms with Crippen molar-refractivity contribution in [1.29, 1.82) is 0 Å². The number of halogens is 1. The van der Waals surface area contributed by atoms with Crippen LogP contribution in [-0.4, -0.2) is 5.91 Å². The van der Waals surface area contributed by atoms with E-state index in [0.29, 0.717) is 0 Å². The molecule has 0 aromatic heterocycles. The zero-order valence-corrected chi connectivity index (χ0v) is 6.18. The van der Waals surface area contributed by atoms with Crippen LogP contribution in [-0.2, 0) is 27.2 Å². The molecule has 2 nitrogen and oxygen atoms in total. The molecule has 0 unspecified atom stereocenters. The average molecular weight is 292 g/mol. The number of nitrogens with two attached hydrogens (primary N) is 1. The molecule has 1 radical (unpaired) electrons. The van der Waals surface area contributed by atoms with Gasteiger partial charge >= 0.3 is 0 Å². The number of hydrogen-bond acceptors (Lipinski definition) is 1. The molecule has 0 atom stereocenters. The van der Waals surface area contributed by atoms with Crippen LogP contribution >= 0.6 is 12.4 Å². The van der Waals surface area contributed by atoms with E-state index in [-0.39, 0.29) is 40.7 Å². The minimum Gasteiger partial charge on any atom is -0.370 e. The molecule has 0 saturated heterocycles. The number of primary amides is 1. The molecule has 0 saturated carbocycles. The third-order valence-corrected chi connectivity index (χ3v) is 0. The van der Waals surface area contributed by atoms with Crippen LogP contribution < -0.4 is 5.73 Å². The van der Waals surface area contributed by atoms with Gasteiger partial charge in [-0.2, -0.15) is 0 Å². The number of rotatable bonds is 0. The summed E-state index contributed by atoms with van der Waals surface area (Å²) in [5.74, 6) is -0.333. The number of hydrogen-bond donors (Lipinski definition) is 1. The second-order valence-electron chi connectivity index (χ2n) is 0.611. The SMILES string of the molecule is CC(N)=O.Cl.[Au]. The Bertz CT molecular complexity index is 36.5. The maximum absolute atomic E-state index is 9.22. The second kappa shape index (κ2) is 9.09. The molecule has 43 valence electrons. The summed E-state index contributed by atoms with van der Waals surface area (Å²) in [6.45, 7) is 1.31. The molecule has 0 aliphatic carbocycles. The Balaban J connectivity index is -0.0000000450. The van der Waals surface area contributed by atoms with Gasteiger partial charge in [0.25, 0.3) is 0 Å². The smallest absolute Gasteiger partial charge is 0.214 e. The topological polar surface area (TPSA) is 43.1 Å². The predicted octanol–water partition coefficient (Wildman–Crippen LogP) is -0.0891. The molecule has 0 aromatic carbocycles. The van der Waals surface area contributed by atoms with Gasteiger partial charge < -0.3 is 5.73 Å². The molecular weight excluding hydrogens is 286 g/mol. The van der Waals surface area contributed by atoms with E-state index >= 15 is 0 Å². The van der Waals surface area contributed by atoms with Crippen molar-refractivity contribution in [2.24, 2.45) is 5.73 Å². The van der Waals surface area contributed by atoms with E-state index in [1.54, 1.807) is 0 Å². The van der Waals surface area contributed by atoms with Crippen molar-refractivity contribution >= 4 is 18.3 Å². The first-order valence-electron chi connectivity index (χ1n) is 0.993. The Labute approximate surface area is 58.4 Å². The number of carbonyl (C=O) groups excluding carboxylic acids is 1. The van der Waals surface area contributed by atoms with Gasteiger partial charge in [0.05, 0.1) is 0 Å². The quantitative estimate of drug-likeness (QED) is 0.623. The van der Waals surface area contributed by atoms with Crippen molar-refractivity contribution < 1.29 is 27.2 Å². The van der Waals surface area contributed by atoms with Gasteiger partial charge in [0.2, 0.25) is 5.91 Å². The first-order valence-corrected chi connectivity index (χ1v) is 0.993. The van der Waals surface area contributed by atoms with Crippen LogP contribution in [0.4, 0.5) is 0 Å². The molecule has 1 amide bonds. The molecule has 2 N–H and O–H groups in total. The molecule has 0 aliphatic heterocycles. The molecule has 0 bridgehead atoms. The van der Waals surface area contributed by atoms with E-state index in [2.05, 4.69) is 5.73 Å². The van der Waals surface area contributed by atoms with Crippen molar-refractivity contribution in [2.75, 3.05) is 0 Å². The van der Waals surface area contributed by atoms with Gasteiger partial charge in [0, 0.05) is 29.3 Å². The molecule has 0 heterocycles. The Morgan fingerprint density at radius 2 is 1.67 bits per heavy atom. The maximum atomic E-state index is 9.22. The first-order chi connectivity index (χ1) is 1.73. The van der Waals surface area contributed by atoms with E-state index < -0.39 is 0 Å². The summed E-state index contributed by atoms with van der Waals surface area (Å²) < 4.78 is 0. The normalized spacial score (nSPS) is 4.17. The van der Waals surface area contributed by atoms with E-state index in [9.17, 15) is 4.79 Å². The summed E-state index contributed by atoms with van der Waals surface area (Å²) in [5.41, 5.74) is 4.47. The van der Waals surface area contributed by atoms with E-state index in [1.165, 1.54) is 6.92 Å². The van der Waals surface area contributed by atoms with E-state index in [4.69, 9.17) is 0 Å². The van der Waals surface area contributed by atoms with Crippen LogP contribution in [0.2, 0.25) is 0 Å².